The molecule has 1 atom stereocenters. The molecule has 6 heteroatoms. The molecule has 1 aliphatic rings. The van der Waals surface area contributed by atoms with E-state index in [0.717, 1.165) is 0 Å². The number of halogens is 3. The molecule has 3 N–H and O–H groups in total. The zero-order valence-electron chi connectivity index (χ0n) is 6.77. The molecule has 1 saturated carbocycles. The molecule has 1 aliphatic carbocycles. The van der Waals surface area contributed by atoms with E-state index in [-0.39, 0.29) is 12.8 Å². The van der Waals surface area contributed by atoms with E-state index in [9.17, 15) is 18.0 Å². The van der Waals surface area contributed by atoms with Crippen LogP contribution in [0.15, 0.2) is 0 Å². The maximum atomic E-state index is 12.0. The minimum Gasteiger partial charge on any atom is -0.480 e. The van der Waals surface area contributed by atoms with Crippen LogP contribution in [0.3, 0.4) is 0 Å². The van der Waals surface area contributed by atoms with Gasteiger partial charge >= 0.3 is 12.1 Å². The summed E-state index contributed by atoms with van der Waals surface area (Å²) in [5.41, 5.74) is 3.93. The Bertz CT molecular complexity index is 222. The van der Waals surface area contributed by atoms with Crippen LogP contribution in [-0.2, 0) is 4.79 Å². The van der Waals surface area contributed by atoms with Gasteiger partial charge in [0, 0.05) is 5.41 Å². The summed E-state index contributed by atoms with van der Waals surface area (Å²) >= 11 is 0. The molecule has 0 heterocycles. The molecule has 76 valence electrons. The van der Waals surface area contributed by atoms with Crippen molar-refractivity contribution in [1.82, 2.24) is 0 Å². The third kappa shape index (κ3) is 2.33. The number of nitrogens with two attached hydrogens (primary N) is 1. The van der Waals surface area contributed by atoms with Crippen LogP contribution in [0.4, 0.5) is 13.2 Å². The average Bonchev–Trinajstić information content (AvgIpc) is 2.64. The van der Waals surface area contributed by atoms with E-state index in [1.54, 1.807) is 0 Å². The third-order valence-corrected chi connectivity index (χ3v) is 2.37. The SMILES string of the molecule is NC(C(=O)O)C1(CC(F)(F)F)CC1. The number of rotatable bonds is 3. The molecule has 0 bridgehead atoms. The molecule has 0 aromatic rings. The van der Waals surface area contributed by atoms with Crippen LogP contribution >= 0.6 is 0 Å². The van der Waals surface area contributed by atoms with Gasteiger partial charge in [0.15, 0.2) is 0 Å². The maximum absolute atomic E-state index is 12.0. The minimum atomic E-state index is -4.33. The van der Waals surface area contributed by atoms with Crippen molar-refractivity contribution in [2.24, 2.45) is 11.1 Å². The van der Waals surface area contributed by atoms with Crippen molar-refractivity contribution in [2.75, 3.05) is 0 Å². The number of carboxylic acids is 1. The summed E-state index contributed by atoms with van der Waals surface area (Å²) in [6.07, 6.45) is -4.92. The fourth-order valence-electron chi connectivity index (χ4n) is 1.42. The summed E-state index contributed by atoms with van der Waals surface area (Å²) in [6.45, 7) is 0. The second-order valence-corrected chi connectivity index (χ2v) is 3.47. The maximum Gasteiger partial charge on any atom is 0.389 e. The summed E-state index contributed by atoms with van der Waals surface area (Å²) in [6, 6.07) is -1.39. The molecule has 1 unspecified atom stereocenters. The Morgan fingerprint density at radius 2 is 2.00 bits per heavy atom. The highest BCUT2D eigenvalue weighted by Gasteiger charge is 2.56. The fraction of sp³-hybridized carbons (Fsp3) is 0.857. The van der Waals surface area contributed by atoms with Crippen molar-refractivity contribution in [3.63, 3.8) is 0 Å². The Balaban J connectivity index is 2.62. The lowest BCUT2D eigenvalue weighted by Gasteiger charge is -2.20. The van der Waals surface area contributed by atoms with Gasteiger partial charge in [-0.2, -0.15) is 13.2 Å². The van der Waals surface area contributed by atoms with E-state index in [0.29, 0.717) is 0 Å². The first-order valence-electron chi connectivity index (χ1n) is 3.82. The quantitative estimate of drug-likeness (QED) is 0.712. The summed E-state index contributed by atoms with van der Waals surface area (Å²) < 4.78 is 35.9. The lowest BCUT2D eigenvalue weighted by atomic mass is 9.93. The van der Waals surface area contributed by atoms with Crippen LogP contribution < -0.4 is 5.73 Å². The summed E-state index contributed by atoms with van der Waals surface area (Å²) in [5.74, 6) is -1.36. The highest BCUT2D eigenvalue weighted by molar-refractivity contribution is 5.75. The zero-order chi connectivity index (χ0) is 10.3. The summed E-state index contributed by atoms with van der Waals surface area (Å²) in [4.78, 5) is 10.4. The second-order valence-electron chi connectivity index (χ2n) is 3.47. The minimum absolute atomic E-state index is 0.250. The first-order chi connectivity index (χ1) is 5.77. The predicted molar refractivity (Wildman–Crippen MR) is 38.0 cm³/mol. The molecule has 13 heavy (non-hydrogen) atoms. The Morgan fingerprint density at radius 1 is 1.54 bits per heavy atom. The van der Waals surface area contributed by atoms with E-state index in [4.69, 9.17) is 10.8 Å². The standard InChI is InChI=1S/C7H10F3NO2/c8-7(9,10)3-6(1-2-6)4(11)5(12)13/h4H,1-3,11H2,(H,12,13). The van der Waals surface area contributed by atoms with Gasteiger partial charge in [-0.25, -0.2) is 0 Å². The Labute approximate surface area is 72.7 Å². The van der Waals surface area contributed by atoms with Crippen molar-refractivity contribution < 1.29 is 23.1 Å². The van der Waals surface area contributed by atoms with Crippen LogP contribution in [0.2, 0.25) is 0 Å². The van der Waals surface area contributed by atoms with Crippen molar-refractivity contribution >= 4 is 5.97 Å². The first kappa shape index (κ1) is 10.3. The highest BCUT2D eigenvalue weighted by atomic mass is 19.4. The van der Waals surface area contributed by atoms with Gasteiger partial charge < -0.3 is 10.8 Å². The number of hydrogen-bond acceptors (Lipinski definition) is 2. The number of carboxylic acid groups (broad SMARTS) is 1. The number of alkyl halides is 3. The molecular formula is C7H10F3NO2. The first-order valence-corrected chi connectivity index (χ1v) is 3.82. The van der Waals surface area contributed by atoms with E-state index in [2.05, 4.69) is 0 Å². The van der Waals surface area contributed by atoms with Crippen molar-refractivity contribution in [3.05, 3.63) is 0 Å². The van der Waals surface area contributed by atoms with Crippen molar-refractivity contribution in [2.45, 2.75) is 31.5 Å². The number of hydrogen-bond donors (Lipinski definition) is 2. The molecule has 0 radical (unpaired) electrons. The molecule has 0 amide bonds. The molecule has 0 aromatic heterocycles. The van der Waals surface area contributed by atoms with E-state index >= 15 is 0 Å². The van der Waals surface area contributed by atoms with Gasteiger partial charge in [0.2, 0.25) is 0 Å². The Hall–Kier alpha value is -0.780. The lowest BCUT2D eigenvalue weighted by Crippen LogP contribution is -2.41. The Morgan fingerprint density at radius 3 is 2.23 bits per heavy atom. The molecule has 0 spiro atoms. The van der Waals surface area contributed by atoms with E-state index in [1.165, 1.54) is 0 Å². The van der Waals surface area contributed by atoms with Gasteiger partial charge in [0.1, 0.15) is 6.04 Å². The average molecular weight is 197 g/mol. The fourth-order valence-corrected chi connectivity index (χ4v) is 1.42. The van der Waals surface area contributed by atoms with E-state index in [1.807, 2.05) is 0 Å². The lowest BCUT2D eigenvalue weighted by molar-refractivity contribution is -0.156. The molecular weight excluding hydrogens is 187 g/mol. The van der Waals surface area contributed by atoms with Crippen molar-refractivity contribution in [3.8, 4) is 0 Å². The second kappa shape index (κ2) is 2.87. The Kier molecular flexibility index (Phi) is 2.27. The molecule has 1 rings (SSSR count). The summed E-state index contributed by atoms with van der Waals surface area (Å²) in [5, 5.41) is 8.46. The third-order valence-electron chi connectivity index (χ3n) is 2.37. The van der Waals surface area contributed by atoms with Gasteiger partial charge in [-0.15, -0.1) is 0 Å². The zero-order valence-corrected chi connectivity index (χ0v) is 6.77. The summed E-state index contributed by atoms with van der Waals surface area (Å²) in [7, 11) is 0. The van der Waals surface area contributed by atoms with Gasteiger partial charge in [0.25, 0.3) is 0 Å². The van der Waals surface area contributed by atoms with Crippen LogP contribution in [-0.4, -0.2) is 23.3 Å². The molecule has 0 saturated heterocycles. The van der Waals surface area contributed by atoms with Gasteiger partial charge in [-0.1, -0.05) is 0 Å². The van der Waals surface area contributed by atoms with Crippen LogP contribution in [0.1, 0.15) is 19.3 Å². The largest absolute Gasteiger partial charge is 0.480 e. The van der Waals surface area contributed by atoms with Gasteiger partial charge in [-0.3, -0.25) is 4.79 Å². The van der Waals surface area contributed by atoms with Crippen molar-refractivity contribution in [1.29, 1.82) is 0 Å². The van der Waals surface area contributed by atoms with E-state index < -0.39 is 30.0 Å². The predicted octanol–water partition coefficient (Wildman–Crippen LogP) is 1.13. The topological polar surface area (TPSA) is 63.3 Å². The monoisotopic (exact) mass is 197 g/mol. The highest BCUT2D eigenvalue weighted by Crippen LogP contribution is 2.54. The number of aliphatic carboxylic acids is 1. The van der Waals surface area contributed by atoms with Crippen LogP contribution in [0.25, 0.3) is 0 Å². The molecule has 3 nitrogen and oxygen atoms in total. The molecule has 1 fully saturated rings. The number of carbonyl (C=O) groups is 1. The molecule has 0 aliphatic heterocycles. The van der Waals surface area contributed by atoms with Crippen LogP contribution in [0.5, 0.6) is 0 Å². The smallest absolute Gasteiger partial charge is 0.389 e. The van der Waals surface area contributed by atoms with Gasteiger partial charge in [-0.05, 0) is 12.8 Å². The van der Waals surface area contributed by atoms with Crippen LogP contribution in [0, 0.1) is 5.41 Å². The normalized spacial score (nSPS) is 22.5. The molecule has 0 aromatic carbocycles. The van der Waals surface area contributed by atoms with Gasteiger partial charge in [0.05, 0.1) is 6.42 Å².